The predicted octanol–water partition coefficient (Wildman–Crippen LogP) is 2.22. The zero-order valence-electron chi connectivity index (χ0n) is 10.3. The zero-order chi connectivity index (χ0) is 12.4. The van der Waals surface area contributed by atoms with Crippen LogP contribution in [-0.2, 0) is 13.6 Å². The number of aromatic nitrogens is 3. The molecule has 0 radical (unpaired) electrons. The molecule has 1 saturated carbocycles. The first-order chi connectivity index (χ1) is 8.83. The molecular formula is C13H16N4S. The fourth-order valence-corrected chi connectivity index (χ4v) is 2.66. The van der Waals surface area contributed by atoms with Crippen LogP contribution in [0, 0.1) is 0 Å². The Labute approximate surface area is 111 Å². The molecule has 0 saturated heterocycles. The summed E-state index contributed by atoms with van der Waals surface area (Å²) >= 11 is 1.67. The normalized spacial score (nSPS) is 14.9. The van der Waals surface area contributed by atoms with Crippen LogP contribution < -0.4 is 5.32 Å². The Hall–Kier alpha value is -1.33. The van der Waals surface area contributed by atoms with Crippen molar-refractivity contribution in [2.24, 2.45) is 7.05 Å². The second kappa shape index (κ2) is 5.12. The van der Waals surface area contributed by atoms with Crippen LogP contribution in [0.1, 0.15) is 18.4 Å². The molecule has 0 atom stereocenters. The van der Waals surface area contributed by atoms with Gasteiger partial charge in [0.2, 0.25) is 0 Å². The number of hydrogen-bond acceptors (Lipinski definition) is 4. The van der Waals surface area contributed by atoms with Gasteiger partial charge in [-0.05, 0) is 36.2 Å². The highest BCUT2D eigenvalue weighted by molar-refractivity contribution is 7.99. The molecule has 4 nitrogen and oxygen atoms in total. The van der Waals surface area contributed by atoms with E-state index in [-0.39, 0.29) is 0 Å². The summed E-state index contributed by atoms with van der Waals surface area (Å²) < 4.78 is 1.80. The molecule has 1 aliphatic carbocycles. The monoisotopic (exact) mass is 260 g/mol. The quantitative estimate of drug-likeness (QED) is 0.895. The van der Waals surface area contributed by atoms with Crippen LogP contribution in [0.2, 0.25) is 0 Å². The topological polar surface area (TPSA) is 42.7 Å². The minimum absolute atomic E-state index is 0.734. The second-order valence-electron chi connectivity index (χ2n) is 4.53. The van der Waals surface area contributed by atoms with E-state index >= 15 is 0 Å². The van der Waals surface area contributed by atoms with Crippen LogP contribution in [0.25, 0.3) is 0 Å². The maximum absolute atomic E-state index is 4.25. The van der Waals surface area contributed by atoms with Crippen molar-refractivity contribution >= 4 is 11.8 Å². The van der Waals surface area contributed by atoms with Crippen molar-refractivity contribution in [2.45, 2.75) is 35.5 Å². The van der Waals surface area contributed by atoms with E-state index in [9.17, 15) is 0 Å². The van der Waals surface area contributed by atoms with Crippen LogP contribution in [-0.4, -0.2) is 20.8 Å². The van der Waals surface area contributed by atoms with Crippen LogP contribution in [0.15, 0.2) is 40.6 Å². The molecule has 1 heterocycles. The zero-order valence-corrected chi connectivity index (χ0v) is 11.2. The van der Waals surface area contributed by atoms with Crippen molar-refractivity contribution in [3.63, 3.8) is 0 Å². The minimum Gasteiger partial charge on any atom is -0.310 e. The minimum atomic E-state index is 0.734. The molecule has 0 bridgehead atoms. The average Bonchev–Trinajstić information content (AvgIpc) is 3.13. The molecule has 1 aliphatic rings. The molecule has 2 aromatic rings. The summed E-state index contributed by atoms with van der Waals surface area (Å²) in [7, 11) is 1.92. The smallest absolute Gasteiger partial charge is 0.190 e. The first-order valence-electron chi connectivity index (χ1n) is 6.16. The van der Waals surface area contributed by atoms with E-state index in [0.29, 0.717) is 0 Å². The molecule has 94 valence electrons. The average molecular weight is 260 g/mol. The van der Waals surface area contributed by atoms with Crippen LogP contribution >= 0.6 is 11.8 Å². The number of hydrogen-bond donors (Lipinski definition) is 1. The first kappa shape index (κ1) is 11.7. The number of benzene rings is 1. The lowest BCUT2D eigenvalue weighted by Gasteiger charge is -2.09. The van der Waals surface area contributed by atoms with Gasteiger partial charge in [0.1, 0.15) is 6.33 Å². The fourth-order valence-electron chi connectivity index (χ4n) is 1.77. The number of aryl methyl sites for hydroxylation is 1. The highest BCUT2D eigenvalue weighted by Gasteiger charge is 2.20. The lowest BCUT2D eigenvalue weighted by Crippen LogP contribution is -2.15. The number of nitrogens with zero attached hydrogens (tertiary/aromatic N) is 3. The lowest BCUT2D eigenvalue weighted by molar-refractivity contribution is 0.676. The molecule has 1 aromatic heterocycles. The van der Waals surface area contributed by atoms with E-state index < -0.39 is 0 Å². The molecule has 0 unspecified atom stereocenters. The molecule has 1 fully saturated rings. The largest absolute Gasteiger partial charge is 0.310 e. The van der Waals surface area contributed by atoms with Gasteiger partial charge in [-0.3, -0.25) is 0 Å². The van der Waals surface area contributed by atoms with Gasteiger partial charge >= 0.3 is 0 Å². The summed E-state index contributed by atoms with van der Waals surface area (Å²) in [6.45, 7) is 0.936. The summed E-state index contributed by atoms with van der Waals surface area (Å²) in [4.78, 5) is 5.51. The van der Waals surface area contributed by atoms with Crippen LogP contribution in [0.5, 0.6) is 0 Å². The maximum atomic E-state index is 4.25. The van der Waals surface area contributed by atoms with E-state index in [1.54, 1.807) is 22.8 Å². The molecule has 18 heavy (non-hydrogen) atoms. The van der Waals surface area contributed by atoms with Crippen LogP contribution in [0.3, 0.4) is 0 Å². The van der Waals surface area contributed by atoms with Gasteiger partial charge in [0.05, 0.1) is 0 Å². The molecule has 5 heteroatoms. The molecular weight excluding hydrogens is 244 g/mol. The fraction of sp³-hybridized carbons (Fsp3) is 0.385. The molecule has 1 N–H and O–H groups in total. The van der Waals surface area contributed by atoms with E-state index in [4.69, 9.17) is 0 Å². The standard InChI is InChI=1S/C13H16N4S/c1-17-13(15-9-16-17)18-12-5-3-2-4-10(12)8-14-11-6-7-11/h2-5,9,11,14H,6-8H2,1H3. The van der Waals surface area contributed by atoms with E-state index in [1.165, 1.54) is 23.3 Å². The van der Waals surface area contributed by atoms with Gasteiger partial charge in [-0.15, -0.1) is 0 Å². The van der Waals surface area contributed by atoms with Gasteiger partial charge in [0.25, 0.3) is 0 Å². The van der Waals surface area contributed by atoms with Gasteiger partial charge in [0, 0.05) is 24.5 Å². The van der Waals surface area contributed by atoms with E-state index in [0.717, 1.165) is 17.7 Å². The van der Waals surface area contributed by atoms with Crippen molar-refractivity contribution in [3.05, 3.63) is 36.2 Å². The highest BCUT2D eigenvalue weighted by atomic mass is 32.2. The summed E-state index contributed by atoms with van der Waals surface area (Å²) in [5, 5.41) is 8.57. The number of rotatable bonds is 5. The van der Waals surface area contributed by atoms with Crippen molar-refractivity contribution in [1.29, 1.82) is 0 Å². The predicted molar refractivity (Wildman–Crippen MR) is 71.4 cm³/mol. The Morgan fingerprint density at radius 2 is 2.22 bits per heavy atom. The summed E-state index contributed by atoms with van der Waals surface area (Å²) in [5.41, 5.74) is 1.33. The second-order valence-corrected chi connectivity index (χ2v) is 5.54. The molecule has 1 aromatic carbocycles. The van der Waals surface area contributed by atoms with Crippen molar-refractivity contribution < 1.29 is 0 Å². The van der Waals surface area contributed by atoms with Gasteiger partial charge in [-0.1, -0.05) is 18.2 Å². The van der Waals surface area contributed by atoms with Crippen molar-refractivity contribution in [1.82, 2.24) is 20.1 Å². The van der Waals surface area contributed by atoms with Gasteiger partial charge in [-0.25, -0.2) is 9.67 Å². The van der Waals surface area contributed by atoms with Crippen molar-refractivity contribution in [3.8, 4) is 0 Å². The Bertz CT molecular complexity index is 533. The Balaban J connectivity index is 1.75. The summed E-state index contributed by atoms with van der Waals surface area (Å²) in [6.07, 6.45) is 4.23. The van der Waals surface area contributed by atoms with Gasteiger partial charge in [-0.2, -0.15) is 5.10 Å². The molecule has 0 amide bonds. The Morgan fingerprint density at radius 3 is 2.94 bits per heavy atom. The molecule has 0 spiro atoms. The Morgan fingerprint density at radius 1 is 1.39 bits per heavy atom. The highest BCUT2D eigenvalue weighted by Crippen LogP contribution is 2.29. The number of nitrogens with one attached hydrogen (secondary N) is 1. The van der Waals surface area contributed by atoms with E-state index in [1.807, 2.05) is 7.05 Å². The van der Waals surface area contributed by atoms with Crippen molar-refractivity contribution in [2.75, 3.05) is 0 Å². The third-order valence-corrected chi connectivity index (χ3v) is 4.17. The van der Waals surface area contributed by atoms with Gasteiger partial charge < -0.3 is 5.32 Å². The third-order valence-electron chi connectivity index (χ3n) is 3.00. The first-order valence-corrected chi connectivity index (χ1v) is 6.98. The Kier molecular flexibility index (Phi) is 3.34. The summed E-state index contributed by atoms with van der Waals surface area (Å²) in [6, 6.07) is 9.21. The SMILES string of the molecule is Cn1ncnc1Sc1ccccc1CNC1CC1. The lowest BCUT2D eigenvalue weighted by atomic mass is 10.2. The van der Waals surface area contributed by atoms with Gasteiger partial charge in [0.15, 0.2) is 5.16 Å². The van der Waals surface area contributed by atoms with E-state index in [2.05, 4.69) is 39.7 Å². The maximum Gasteiger partial charge on any atom is 0.190 e. The third kappa shape index (κ3) is 2.73. The van der Waals surface area contributed by atoms with Crippen LogP contribution in [0.4, 0.5) is 0 Å². The molecule has 0 aliphatic heterocycles. The molecule has 3 rings (SSSR count). The summed E-state index contributed by atoms with van der Waals surface area (Å²) in [5.74, 6) is 0.